The maximum Gasteiger partial charge on any atom is 0.216 e. The minimum atomic E-state index is -1.36. The summed E-state index contributed by atoms with van der Waals surface area (Å²) in [7, 11) is 0.448. The van der Waals surface area contributed by atoms with Crippen molar-refractivity contribution < 1.29 is 17.8 Å². The number of fused-ring (bicyclic) bond motifs is 3. The van der Waals surface area contributed by atoms with Gasteiger partial charge >= 0.3 is 0 Å². The fraction of sp³-hybridized carbons (Fsp3) is 0.147. The summed E-state index contributed by atoms with van der Waals surface area (Å²) >= 11 is 0. The van der Waals surface area contributed by atoms with Gasteiger partial charge in [-0.25, -0.2) is 8.78 Å². The van der Waals surface area contributed by atoms with E-state index in [1.54, 1.807) is 16.7 Å². The predicted octanol–water partition coefficient (Wildman–Crippen LogP) is 8.54. The average Bonchev–Trinajstić information content (AvgIpc) is 3.27. The summed E-state index contributed by atoms with van der Waals surface area (Å²) in [5, 5.41) is 3.17. The van der Waals surface area contributed by atoms with Gasteiger partial charge in [-0.1, -0.05) is 85.5 Å². The summed E-state index contributed by atoms with van der Waals surface area (Å²) in [5.41, 5.74) is 7.28. The highest BCUT2D eigenvalue weighted by molar-refractivity contribution is 6.88. The van der Waals surface area contributed by atoms with Crippen LogP contribution in [0, 0.1) is 18.6 Å². The lowest BCUT2D eigenvalue weighted by Gasteiger charge is -2.16. The molecule has 0 N–H and O–H groups in total. The van der Waals surface area contributed by atoms with E-state index in [4.69, 9.17) is 4.42 Å². The van der Waals surface area contributed by atoms with Crippen molar-refractivity contribution in [3.8, 4) is 33.5 Å². The molecular formula is C34H30F2NOSi+. The molecule has 6 aromatic rings. The van der Waals surface area contributed by atoms with Crippen molar-refractivity contribution in [3.05, 3.63) is 108 Å². The molecule has 0 aliphatic rings. The molecule has 0 unspecified atom stereocenters. The number of pyridine rings is 1. The van der Waals surface area contributed by atoms with Gasteiger partial charge in [-0.3, -0.25) is 0 Å². The van der Waals surface area contributed by atoms with E-state index in [1.165, 1.54) is 23.5 Å². The first-order chi connectivity index (χ1) is 18.6. The number of nitrogens with zero attached hydrogens (tertiary/aromatic N) is 1. The van der Waals surface area contributed by atoms with Gasteiger partial charge in [0, 0.05) is 16.8 Å². The van der Waals surface area contributed by atoms with Crippen molar-refractivity contribution in [2.75, 3.05) is 0 Å². The molecule has 6 rings (SSSR count). The molecule has 0 saturated carbocycles. The smallest absolute Gasteiger partial charge is 0.216 e. The number of furan rings is 1. The molecule has 194 valence electrons. The molecule has 2 nitrogen and oxygen atoms in total. The van der Waals surface area contributed by atoms with E-state index in [0.717, 1.165) is 44.3 Å². The van der Waals surface area contributed by atoms with Gasteiger partial charge in [-0.15, -0.1) is 0 Å². The number of halogens is 2. The molecule has 0 spiro atoms. The van der Waals surface area contributed by atoms with E-state index in [2.05, 4.69) is 43.9 Å². The number of hydrogen-bond donors (Lipinski definition) is 0. The Morgan fingerprint density at radius 3 is 1.82 bits per heavy atom. The number of benzene rings is 4. The van der Waals surface area contributed by atoms with Crippen LogP contribution in [0.4, 0.5) is 8.78 Å². The lowest BCUT2D eigenvalue weighted by Crippen LogP contribution is -2.37. The molecule has 5 heteroatoms. The topological polar surface area (TPSA) is 17.0 Å². The first-order valence-electron chi connectivity index (χ1n) is 13.1. The maximum absolute atomic E-state index is 15.4. The van der Waals surface area contributed by atoms with Crippen LogP contribution < -0.4 is 9.75 Å². The maximum atomic E-state index is 15.4. The second-order valence-electron chi connectivity index (χ2n) is 11.3. The van der Waals surface area contributed by atoms with Gasteiger partial charge in [-0.2, -0.15) is 4.57 Å². The zero-order chi connectivity index (χ0) is 27.5. The molecule has 0 radical (unpaired) electrons. The van der Waals surface area contributed by atoms with E-state index in [0.29, 0.717) is 16.7 Å². The summed E-state index contributed by atoms with van der Waals surface area (Å²) in [4.78, 5) is 0. The molecule has 0 fully saturated rings. The van der Waals surface area contributed by atoms with E-state index in [9.17, 15) is 4.39 Å². The van der Waals surface area contributed by atoms with Crippen LogP contribution in [0.1, 0.15) is 5.56 Å². The number of aromatic nitrogens is 1. The number of hydrogen-bond acceptors (Lipinski definition) is 1. The molecular weight excluding hydrogens is 504 g/mol. The fourth-order valence-corrected chi connectivity index (χ4v) is 6.56. The van der Waals surface area contributed by atoms with Gasteiger partial charge in [0.1, 0.15) is 24.0 Å². The second kappa shape index (κ2) is 9.28. The van der Waals surface area contributed by atoms with Crippen LogP contribution in [-0.2, 0) is 7.05 Å². The Kier molecular flexibility index (Phi) is 6.00. The Morgan fingerprint density at radius 1 is 0.641 bits per heavy atom. The van der Waals surface area contributed by atoms with E-state index >= 15 is 4.39 Å². The Morgan fingerprint density at radius 2 is 1.21 bits per heavy atom. The molecule has 2 aromatic heterocycles. The van der Waals surface area contributed by atoms with Crippen LogP contribution in [0.25, 0.3) is 55.4 Å². The van der Waals surface area contributed by atoms with E-state index < -0.39 is 8.07 Å². The minimum absolute atomic E-state index is 0.310. The highest BCUT2D eigenvalue weighted by Crippen LogP contribution is 2.41. The molecule has 4 aromatic carbocycles. The molecule has 2 heterocycles. The molecule has 0 amide bonds. The van der Waals surface area contributed by atoms with Crippen LogP contribution >= 0.6 is 0 Å². The number of aryl methyl sites for hydroxylation is 2. The third-order valence-corrected chi connectivity index (χ3v) is 9.64. The minimum Gasteiger partial charge on any atom is -0.454 e. The van der Waals surface area contributed by atoms with Crippen molar-refractivity contribution in [2.45, 2.75) is 26.6 Å². The van der Waals surface area contributed by atoms with Crippen LogP contribution in [0.3, 0.4) is 0 Å². The lowest BCUT2D eigenvalue weighted by molar-refractivity contribution is -0.661. The van der Waals surface area contributed by atoms with Gasteiger partial charge in [0.05, 0.1) is 19.2 Å². The van der Waals surface area contributed by atoms with Crippen molar-refractivity contribution in [1.29, 1.82) is 0 Å². The summed E-state index contributed by atoms with van der Waals surface area (Å²) < 4.78 is 37.5. The Hall–Kier alpha value is -4.09. The Balaban J connectivity index is 1.49. The third-order valence-electron chi connectivity index (χ3n) is 7.58. The summed E-state index contributed by atoms with van der Waals surface area (Å²) in [6.07, 6.45) is 1.45. The quantitative estimate of drug-likeness (QED) is 0.164. The first-order valence-corrected chi connectivity index (χ1v) is 16.6. The van der Waals surface area contributed by atoms with Crippen LogP contribution in [0.15, 0.2) is 95.5 Å². The normalized spacial score (nSPS) is 12.0. The average molecular weight is 535 g/mol. The zero-order valence-corrected chi connectivity index (χ0v) is 23.8. The third kappa shape index (κ3) is 4.37. The molecule has 0 aliphatic carbocycles. The highest BCUT2D eigenvalue weighted by Gasteiger charge is 2.23. The van der Waals surface area contributed by atoms with E-state index in [1.807, 2.05) is 50.4 Å². The fourth-order valence-electron chi connectivity index (χ4n) is 5.39. The standard InChI is InChI=1S/C34H30F2NOSi/c1-21-6-16-27-28-17-18-29(36)32(34(28)38-33(27)31(21)30-19-13-25(35)20-37(30)2)24-9-7-22(8-10-24)23-11-14-26(15-12-23)39(3,4)5/h6-20H,1-5H3/q+1. The SMILES string of the molecule is Cc1ccc2c(oc3c(-c4ccc(-c5ccc([Si](C)(C)C)cc5)cc4)c(F)ccc32)c1-c1ccc(F)c[n+]1C. The predicted molar refractivity (Wildman–Crippen MR) is 159 cm³/mol. The van der Waals surface area contributed by atoms with Gasteiger partial charge in [0.15, 0.2) is 5.82 Å². The summed E-state index contributed by atoms with van der Waals surface area (Å²) in [6, 6.07) is 27.3. The summed E-state index contributed by atoms with van der Waals surface area (Å²) in [5.74, 6) is -0.644. The van der Waals surface area contributed by atoms with Gasteiger partial charge in [0.25, 0.3) is 0 Å². The van der Waals surface area contributed by atoms with Crippen LogP contribution in [0.5, 0.6) is 0 Å². The molecule has 39 heavy (non-hydrogen) atoms. The zero-order valence-electron chi connectivity index (χ0n) is 22.8. The van der Waals surface area contributed by atoms with Gasteiger partial charge in [0.2, 0.25) is 11.9 Å². The molecule has 0 atom stereocenters. The van der Waals surface area contributed by atoms with Crippen LogP contribution in [-0.4, -0.2) is 8.07 Å². The first kappa shape index (κ1) is 25.2. The van der Waals surface area contributed by atoms with Gasteiger partial charge < -0.3 is 4.42 Å². The van der Waals surface area contributed by atoms with Crippen molar-refractivity contribution in [3.63, 3.8) is 0 Å². The molecule has 0 saturated heterocycles. The lowest BCUT2D eigenvalue weighted by atomic mass is 9.97. The van der Waals surface area contributed by atoms with E-state index in [-0.39, 0.29) is 11.6 Å². The van der Waals surface area contributed by atoms with Crippen molar-refractivity contribution >= 4 is 35.2 Å². The number of rotatable bonds is 4. The van der Waals surface area contributed by atoms with Crippen molar-refractivity contribution in [2.24, 2.45) is 7.05 Å². The molecule has 0 aliphatic heterocycles. The van der Waals surface area contributed by atoms with Crippen molar-refractivity contribution in [1.82, 2.24) is 0 Å². The second-order valence-corrected chi connectivity index (χ2v) is 16.4. The van der Waals surface area contributed by atoms with Gasteiger partial charge in [-0.05, 0) is 47.4 Å². The summed E-state index contributed by atoms with van der Waals surface area (Å²) in [6.45, 7) is 9.03. The van der Waals surface area contributed by atoms with Crippen LogP contribution in [0.2, 0.25) is 19.6 Å². The Labute approximate surface area is 228 Å². The largest absolute Gasteiger partial charge is 0.454 e. The molecule has 0 bridgehead atoms. The highest BCUT2D eigenvalue weighted by atomic mass is 28.3. The Bertz CT molecular complexity index is 1860. The monoisotopic (exact) mass is 534 g/mol.